The molecule has 2 N–H and O–H groups in total. The Bertz CT molecular complexity index is 1100. The molecule has 0 heterocycles. The summed E-state index contributed by atoms with van der Waals surface area (Å²) in [5.41, 5.74) is 0.230. The number of rotatable bonds is 6. The van der Waals surface area contributed by atoms with Crippen LogP contribution in [0.4, 0.5) is 0 Å². The molecule has 4 aromatic carbocycles. The van der Waals surface area contributed by atoms with E-state index >= 15 is 0 Å². The van der Waals surface area contributed by atoms with Crippen molar-refractivity contribution in [3.63, 3.8) is 0 Å². The molecule has 0 spiro atoms. The van der Waals surface area contributed by atoms with Crippen LogP contribution >= 0.6 is 10.3 Å². The maximum absolute atomic E-state index is 13.4. The SMILES string of the molecule is O=C(O)c1cccc(C(=O)OS(c2ccccc2)(c2ccccc2)c2ccccc2)c1.[K+].[OH-]. The fourth-order valence-corrected chi connectivity index (χ4v) is 6.38. The molecule has 4 aromatic rings. The number of benzene rings is 4. The average Bonchev–Trinajstić information content (AvgIpc) is 2.84. The monoisotopic (exact) mass is 484 g/mol. The molecule has 0 bridgehead atoms. The van der Waals surface area contributed by atoms with Gasteiger partial charge in [-0.15, -0.1) is 0 Å². The summed E-state index contributed by atoms with van der Waals surface area (Å²) in [6.45, 7) is 0. The summed E-state index contributed by atoms with van der Waals surface area (Å²) in [4.78, 5) is 27.4. The van der Waals surface area contributed by atoms with Crippen LogP contribution in [0.15, 0.2) is 130 Å². The summed E-state index contributed by atoms with van der Waals surface area (Å²) >= 11 is 0. The zero-order chi connectivity index (χ0) is 21.7. The first-order valence-electron chi connectivity index (χ1n) is 9.67. The van der Waals surface area contributed by atoms with Crippen molar-refractivity contribution < 1.29 is 75.7 Å². The Morgan fingerprint density at radius 3 is 1.39 bits per heavy atom. The Kier molecular flexibility index (Phi) is 10.1. The first-order valence-corrected chi connectivity index (χ1v) is 11.2. The minimum atomic E-state index is -2.41. The van der Waals surface area contributed by atoms with Crippen LogP contribution in [-0.4, -0.2) is 22.5 Å². The molecule has 0 aromatic heterocycles. The van der Waals surface area contributed by atoms with Crippen LogP contribution in [0.25, 0.3) is 0 Å². The van der Waals surface area contributed by atoms with Crippen LogP contribution in [0.3, 0.4) is 0 Å². The first-order chi connectivity index (χ1) is 15.1. The summed E-state index contributed by atoms with van der Waals surface area (Å²) in [7, 11) is -2.41. The Labute approximate surface area is 236 Å². The van der Waals surface area contributed by atoms with Gasteiger partial charge in [-0.3, -0.25) is 0 Å². The van der Waals surface area contributed by atoms with Crippen LogP contribution in [0.2, 0.25) is 0 Å². The van der Waals surface area contributed by atoms with Gasteiger partial charge in [-0.05, 0) is 64.9 Å². The number of aromatic carboxylic acids is 1. The van der Waals surface area contributed by atoms with Gasteiger partial charge >= 0.3 is 63.3 Å². The van der Waals surface area contributed by atoms with Crippen molar-refractivity contribution in [1.29, 1.82) is 0 Å². The summed E-state index contributed by atoms with van der Waals surface area (Å²) < 4.78 is 6.37. The summed E-state index contributed by atoms with van der Waals surface area (Å²) in [5.74, 6) is -1.67. The molecule has 0 atom stereocenters. The molecule has 5 nitrogen and oxygen atoms in total. The maximum atomic E-state index is 13.4. The predicted octanol–water partition coefficient (Wildman–Crippen LogP) is 3.27. The predicted molar refractivity (Wildman–Crippen MR) is 122 cm³/mol. The third-order valence-corrected chi connectivity index (χ3v) is 7.98. The van der Waals surface area contributed by atoms with E-state index in [1.54, 1.807) is 12.1 Å². The van der Waals surface area contributed by atoms with Crippen molar-refractivity contribution in [2.45, 2.75) is 14.7 Å². The molecule has 0 saturated heterocycles. The van der Waals surface area contributed by atoms with Crippen molar-refractivity contribution in [2.75, 3.05) is 0 Å². The van der Waals surface area contributed by atoms with Gasteiger partial charge < -0.3 is 14.8 Å². The van der Waals surface area contributed by atoms with Crippen molar-refractivity contribution in [3.05, 3.63) is 126 Å². The van der Waals surface area contributed by atoms with E-state index in [0.29, 0.717) is 0 Å². The van der Waals surface area contributed by atoms with E-state index in [0.717, 1.165) is 14.7 Å². The molecule has 0 aliphatic rings. The Morgan fingerprint density at radius 1 is 0.606 bits per heavy atom. The Balaban J connectivity index is 0.00000193. The van der Waals surface area contributed by atoms with Crippen LogP contribution < -0.4 is 51.4 Å². The zero-order valence-electron chi connectivity index (χ0n) is 18.0. The van der Waals surface area contributed by atoms with Crippen LogP contribution in [0, 0.1) is 0 Å². The summed E-state index contributed by atoms with van der Waals surface area (Å²) in [6.07, 6.45) is 0. The smallest absolute Gasteiger partial charge is 0.870 e. The molecule has 0 saturated carbocycles. The van der Waals surface area contributed by atoms with E-state index in [-0.39, 0.29) is 68.0 Å². The topological polar surface area (TPSA) is 93.6 Å². The van der Waals surface area contributed by atoms with E-state index in [4.69, 9.17) is 4.18 Å². The number of hydrogen-bond donors (Lipinski definition) is 1. The normalized spacial score (nSPS) is 10.8. The quantitative estimate of drug-likeness (QED) is 0.424. The molecule has 0 aliphatic carbocycles. The summed E-state index contributed by atoms with van der Waals surface area (Å²) in [5, 5.41) is 9.31. The van der Waals surface area contributed by atoms with Crippen molar-refractivity contribution in [3.8, 4) is 0 Å². The van der Waals surface area contributed by atoms with Gasteiger partial charge in [-0.2, -0.15) is 0 Å². The minimum absolute atomic E-state index is 0. The van der Waals surface area contributed by atoms with E-state index in [9.17, 15) is 14.7 Å². The van der Waals surface area contributed by atoms with E-state index < -0.39 is 22.2 Å². The molecule has 0 aliphatic heterocycles. The molecular formula is C26H21KO5S. The maximum Gasteiger partial charge on any atom is 1.00 e. The third-order valence-electron chi connectivity index (χ3n) is 4.77. The third kappa shape index (κ3) is 5.83. The molecule has 162 valence electrons. The van der Waals surface area contributed by atoms with Gasteiger partial charge in [-0.25, -0.2) is 9.59 Å². The van der Waals surface area contributed by atoms with Crippen molar-refractivity contribution >= 4 is 22.2 Å². The molecule has 0 unspecified atom stereocenters. The van der Waals surface area contributed by atoms with Gasteiger partial charge in [0, 0.05) is 14.7 Å². The van der Waals surface area contributed by atoms with Crippen molar-refractivity contribution in [2.24, 2.45) is 0 Å². The van der Waals surface area contributed by atoms with Crippen LogP contribution in [0.1, 0.15) is 20.7 Å². The van der Waals surface area contributed by atoms with Gasteiger partial charge in [-0.1, -0.05) is 60.7 Å². The second-order valence-corrected chi connectivity index (χ2v) is 9.45. The zero-order valence-corrected chi connectivity index (χ0v) is 21.9. The van der Waals surface area contributed by atoms with E-state index in [1.165, 1.54) is 12.1 Å². The number of carboxylic acid groups (broad SMARTS) is 1. The van der Waals surface area contributed by atoms with Gasteiger partial charge in [0.25, 0.3) is 0 Å². The fourth-order valence-electron chi connectivity index (χ4n) is 3.33. The van der Waals surface area contributed by atoms with Crippen molar-refractivity contribution in [1.82, 2.24) is 0 Å². The fraction of sp³-hybridized carbons (Fsp3) is 0. The molecule has 4 rings (SSSR count). The van der Waals surface area contributed by atoms with Crippen LogP contribution in [0.5, 0.6) is 0 Å². The van der Waals surface area contributed by atoms with Gasteiger partial charge in [0.1, 0.15) is 0 Å². The number of carboxylic acids is 1. The largest absolute Gasteiger partial charge is 1.00 e. The second kappa shape index (κ2) is 12.3. The van der Waals surface area contributed by atoms with Crippen LogP contribution in [-0.2, 0) is 4.18 Å². The van der Waals surface area contributed by atoms with Gasteiger partial charge in [0.2, 0.25) is 0 Å². The standard InChI is InChI=1S/C26H20O4S.K.H2O/c27-25(28)20-11-10-12-21(19-20)26(29)30-31(22-13-4-1-5-14-22,23-15-6-2-7-16-23)24-17-8-3-9-18-24;;/h1-19H,(H,27,28);;1H2/q;+1;/p-1. The van der Waals surface area contributed by atoms with Gasteiger partial charge in [0.15, 0.2) is 0 Å². The number of carbonyl (C=O) groups is 2. The second-order valence-electron chi connectivity index (χ2n) is 6.75. The first kappa shape index (κ1) is 27.0. The average molecular weight is 485 g/mol. The van der Waals surface area contributed by atoms with E-state index in [1.807, 2.05) is 91.0 Å². The molecular weight excluding hydrogens is 463 g/mol. The molecule has 0 amide bonds. The molecule has 0 fully saturated rings. The Morgan fingerprint density at radius 2 is 1.00 bits per heavy atom. The molecule has 0 radical (unpaired) electrons. The van der Waals surface area contributed by atoms with E-state index in [2.05, 4.69) is 0 Å². The minimum Gasteiger partial charge on any atom is -0.870 e. The van der Waals surface area contributed by atoms with Gasteiger partial charge in [0.05, 0.1) is 11.1 Å². The molecule has 33 heavy (non-hydrogen) atoms. The summed E-state index contributed by atoms with van der Waals surface area (Å²) in [6, 6.07) is 34.9. The Hall–Kier alpha value is -2.23. The number of hydrogen-bond acceptors (Lipinski definition) is 4. The number of carbonyl (C=O) groups excluding carboxylic acids is 1. The molecule has 7 heteroatoms.